The first-order chi connectivity index (χ1) is 19.7. The van der Waals surface area contributed by atoms with Gasteiger partial charge < -0.3 is 31.5 Å². The minimum atomic E-state index is -1.31. The van der Waals surface area contributed by atoms with E-state index in [1.165, 1.54) is 60.7 Å². The fourth-order valence-corrected chi connectivity index (χ4v) is 4.27. The first-order valence-electron chi connectivity index (χ1n) is 12.5. The zero-order valence-electron chi connectivity index (χ0n) is 21.4. The van der Waals surface area contributed by atoms with E-state index in [4.69, 9.17) is 15.9 Å². The molecular weight excluding hydrogens is 535 g/mol. The zero-order chi connectivity index (χ0) is 29.1. The summed E-state index contributed by atoms with van der Waals surface area (Å²) in [5, 5.41) is 12.7. The maximum atomic E-state index is 15.1. The fraction of sp³-hybridized carbons (Fsp3) is 0.100. The normalized spacial score (nSPS) is 13.8. The molecule has 0 radical (unpaired) electrons. The quantitative estimate of drug-likeness (QED) is 0.0733. The van der Waals surface area contributed by atoms with Crippen molar-refractivity contribution >= 4 is 40.9 Å². The molecule has 0 unspecified atom stereocenters. The molecule has 0 bridgehead atoms. The summed E-state index contributed by atoms with van der Waals surface area (Å²) in [5.74, 6) is -3.04. The van der Waals surface area contributed by atoms with Gasteiger partial charge in [0.15, 0.2) is 17.3 Å². The van der Waals surface area contributed by atoms with Crippen LogP contribution in [-0.2, 0) is 9.59 Å². The lowest BCUT2D eigenvalue weighted by atomic mass is 10.0. The second-order valence-corrected chi connectivity index (χ2v) is 9.44. The number of carbonyl (C=O) groups excluding carboxylic acids is 2. The Bertz CT molecular complexity index is 1680. The molecule has 0 saturated heterocycles. The van der Waals surface area contributed by atoms with Gasteiger partial charge in [-0.25, -0.2) is 13.2 Å². The number of nitrogens with one attached hydrogen (secondary N) is 4. The van der Waals surface area contributed by atoms with E-state index in [-0.39, 0.29) is 22.9 Å². The van der Waals surface area contributed by atoms with Crippen molar-refractivity contribution in [2.75, 3.05) is 16.4 Å². The van der Waals surface area contributed by atoms with E-state index in [1.807, 2.05) is 0 Å². The molecule has 41 heavy (non-hydrogen) atoms. The molecule has 1 aliphatic rings. The van der Waals surface area contributed by atoms with Gasteiger partial charge in [-0.1, -0.05) is 6.07 Å². The van der Waals surface area contributed by atoms with E-state index in [2.05, 4.69) is 15.6 Å². The van der Waals surface area contributed by atoms with Gasteiger partial charge in [-0.3, -0.25) is 9.59 Å². The number of aromatic amines is 1. The largest absolute Gasteiger partial charge is 0.452 e. The summed E-state index contributed by atoms with van der Waals surface area (Å²) < 4.78 is 47.7. The first kappa shape index (κ1) is 27.3. The summed E-state index contributed by atoms with van der Waals surface area (Å²) in [6.07, 6.45) is 4.52. The molecule has 3 aromatic carbocycles. The SMILES string of the molecule is N=C/C=C(/Oc1ccc(NC(=O)C2(C(=O)Nc3ccc(F)cc3)CC2)cc1F)c1[nH]ccc1-c1ccc(F)c(N)c1. The minimum absolute atomic E-state index is 0.0438. The van der Waals surface area contributed by atoms with Crippen LogP contribution in [0.3, 0.4) is 0 Å². The zero-order valence-corrected chi connectivity index (χ0v) is 21.4. The molecule has 4 aromatic rings. The van der Waals surface area contributed by atoms with Gasteiger partial charge in [0.05, 0.1) is 11.4 Å². The van der Waals surface area contributed by atoms with Crippen LogP contribution in [-0.4, -0.2) is 23.0 Å². The molecule has 0 spiro atoms. The number of benzene rings is 3. The number of nitrogen functional groups attached to an aromatic ring is 1. The third kappa shape index (κ3) is 5.69. The molecule has 5 rings (SSSR count). The number of ether oxygens (including phenoxy) is 1. The predicted octanol–water partition coefficient (Wildman–Crippen LogP) is 6.11. The average Bonchev–Trinajstić information content (AvgIpc) is 3.63. The standard InChI is InChI=1S/C30H24F3N5O3/c31-18-2-4-19(5-3-18)37-28(39)30(11-12-30)29(40)38-20-6-8-25(23(33)16-20)41-26(9-13-34)27-21(10-14-36-27)17-1-7-22(32)24(35)15-17/h1-10,13-16,34,36H,11-12,35H2,(H,37,39)(H,38,40)/b26-9+,34-13?. The van der Waals surface area contributed by atoms with E-state index in [0.717, 1.165) is 12.3 Å². The van der Waals surface area contributed by atoms with Crippen LogP contribution in [0.15, 0.2) is 79.0 Å². The van der Waals surface area contributed by atoms with E-state index in [0.29, 0.717) is 35.3 Å². The molecule has 2 amide bonds. The second-order valence-electron chi connectivity index (χ2n) is 9.44. The molecule has 1 fully saturated rings. The molecule has 11 heteroatoms. The number of aromatic nitrogens is 1. The van der Waals surface area contributed by atoms with Gasteiger partial charge in [-0.2, -0.15) is 0 Å². The predicted molar refractivity (Wildman–Crippen MR) is 150 cm³/mol. The third-order valence-electron chi connectivity index (χ3n) is 6.67. The molecular formula is C30H24F3N5O3. The molecule has 1 aromatic heterocycles. The van der Waals surface area contributed by atoms with Crippen molar-refractivity contribution in [3.63, 3.8) is 0 Å². The van der Waals surface area contributed by atoms with Crippen molar-refractivity contribution < 1.29 is 27.5 Å². The molecule has 8 nitrogen and oxygen atoms in total. The Morgan fingerprint density at radius 3 is 2.22 bits per heavy atom. The summed E-state index contributed by atoms with van der Waals surface area (Å²) in [4.78, 5) is 28.7. The highest BCUT2D eigenvalue weighted by Gasteiger charge is 2.56. The number of H-pyrrole nitrogens is 1. The Morgan fingerprint density at radius 1 is 0.902 bits per heavy atom. The summed E-state index contributed by atoms with van der Waals surface area (Å²) in [7, 11) is 0. The number of amides is 2. The Balaban J connectivity index is 1.30. The van der Waals surface area contributed by atoms with Crippen molar-refractivity contribution in [1.29, 1.82) is 5.41 Å². The lowest BCUT2D eigenvalue weighted by Crippen LogP contribution is -2.35. The van der Waals surface area contributed by atoms with Crippen molar-refractivity contribution in [2.24, 2.45) is 5.41 Å². The van der Waals surface area contributed by atoms with E-state index >= 15 is 4.39 Å². The van der Waals surface area contributed by atoms with Crippen LogP contribution in [0.5, 0.6) is 5.75 Å². The Morgan fingerprint density at radius 2 is 1.59 bits per heavy atom. The van der Waals surface area contributed by atoms with Gasteiger partial charge in [-0.15, -0.1) is 0 Å². The number of hydrogen-bond acceptors (Lipinski definition) is 5. The molecule has 1 heterocycles. The van der Waals surface area contributed by atoms with Crippen LogP contribution in [0.25, 0.3) is 16.9 Å². The topological polar surface area (TPSA) is 133 Å². The van der Waals surface area contributed by atoms with Crippen molar-refractivity contribution in [2.45, 2.75) is 12.8 Å². The summed E-state index contributed by atoms with van der Waals surface area (Å²) in [6.45, 7) is 0. The number of allylic oxidation sites excluding steroid dienone is 1. The molecule has 6 N–H and O–H groups in total. The monoisotopic (exact) mass is 559 g/mol. The van der Waals surface area contributed by atoms with Gasteiger partial charge in [-0.05, 0) is 73.0 Å². The smallest absolute Gasteiger partial charge is 0.240 e. The van der Waals surface area contributed by atoms with Gasteiger partial charge >= 0.3 is 0 Å². The number of rotatable bonds is 9. The molecule has 208 valence electrons. The first-order valence-corrected chi connectivity index (χ1v) is 12.5. The van der Waals surface area contributed by atoms with Gasteiger partial charge in [0, 0.05) is 41.5 Å². The van der Waals surface area contributed by atoms with Crippen molar-refractivity contribution in [3.8, 4) is 16.9 Å². The maximum absolute atomic E-state index is 15.1. The van der Waals surface area contributed by atoms with Crippen LogP contribution in [0, 0.1) is 28.3 Å². The Kier molecular flexibility index (Phi) is 7.34. The van der Waals surface area contributed by atoms with Crippen LogP contribution < -0.4 is 21.1 Å². The van der Waals surface area contributed by atoms with Crippen LogP contribution in [0.4, 0.5) is 30.2 Å². The third-order valence-corrected chi connectivity index (χ3v) is 6.67. The minimum Gasteiger partial charge on any atom is -0.452 e. The number of halogens is 3. The second kappa shape index (κ2) is 11.0. The lowest BCUT2D eigenvalue weighted by molar-refractivity contribution is -0.131. The summed E-state index contributed by atoms with van der Waals surface area (Å²) in [6, 6.07) is 14.9. The van der Waals surface area contributed by atoms with Crippen molar-refractivity contribution in [3.05, 3.63) is 102 Å². The van der Waals surface area contributed by atoms with E-state index in [1.54, 1.807) is 12.3 Å². The van der Waals surface area contributed by atoms with Gasteiger partial charge in [0.1, 0.15) is 17.0 Å². The highest BCUT2D eigenvalue weighted by molar-refractivity contribution is 6.16. The fourth-order valence-electron chi connectivity index (χ4n) is 4.27. The number of carbonyl (C=O) groups is 2. The summed E-state index contributed by atoms with van der Waals surface area (Å²) in [5.41, 5.74) is 6.38. The molecule has 1 aliphatic carbocycles. The van der Waals surface area contributed by atoms with Crippen molar-refractivity contribution in [1.82, 2.24) is 4.98 Å². The number of hydrogen-bond donors (Lipinski definition) is 5. The Labute approximate surface area is 232 Å². The molecule has 0 aliphatic heterocycles. The van der Waals surface area contributed by atoms with Gasteiger partial charge in [0.25, 0.3) is 0 Å². The lowest BCUT2D eigenvalue weighted by Gasteiger charge is -2.16. The Hall–Kier alpha value is -5.32. The number of anilines is 3. The van der Waals surface area contributed by atoms with Gasteiger partial charge in [0.2, 0.25) is 11.8 Å². The molecule has 1 saturated carbocycles. The maximum Gasteiger partial charge on any atom is 0.240 e. The highest BCUT2D eigenvalue weighted by Crippen LogP contribution is 2.47. The van der Waals surface area contributed by atoms with Crippen LogP contribution in [0.2, 0.25) is 0 Å². The van der Waals surface area contributed by atoms with E-state index in [9.17, 15) is 18.4 Å². The summed E-state index contributed by atoms with van der Waals surface area (Å²) >= 11 is 0. The average molecular weight is 560 g/mol. The molecule has 0 atom stereocenters. The van der Waals surface area contributed by atoms with Crippen LogP contribution >= 0.6 is 0 Å². The number of nitrogens with two attached hydrogens (primary N) is 1. The highest BCUT2D eigenvalue weighted by atomic mass is 19.1. The van der Waals surface area contributed by atoms with E-state index < -0.39 is 34.7 Å². The van der Waals surface area contributed by atoms with Crippen LogP contribution in [0.1, 0.15) is 18.5 Å².